The molecule has 0 aliphatic carbocycles. The summed E-state index contributed by atoms with van der Waals surface area (Å²) in [5.74, 6) is -0.650. The van der Waals surface area contributed by atoms with Gasteiger partial charge in [0.25, 0.3) is 0 Å². The lowest BCUT2D eigenvalue weighted by molar-refractivity contribution is -0.161. The van der Waals surface area contributed by atoms with Crippen LogP contribution in [0.3, 0.4) is 0 Å². The molecule has 0 heterocycles. The number of aryl methyl sites for hydroxylation is 2. The molecule has 0 aromatic heterocycles. The maximum atomic E-state index is 12.4. The van der Waals surface area contributed by atoms with Crippen molar-refractivity contribution < 1.29 is 14.6 Å². The van der Waals surface area contributed by atoms with E-state index in [1.54, 1.807) is 37.3 Å². The summed E-state index contributed by atoms with van der Waals surface area (Å²) in [6, 6.07) is 14.5. The van der Waals surface area contributed by atoms with Gasteiger partial charge in [0.05, 0.1) is 6.61 Å². The van der Waals surface area contributed by atoms with Gasteiger partial charge in [-0.3, -0.25) is 0 Å². The molecule has 1 unspecified atom stereocenters. The van der Waals surface area contributed by atoms with Crippen LogP contribution in [-0.4, -0.2) is 17.7 Å². The molecule has 1 atom stereocenters. The van der Waals surface area contributed by atoms with Gasteiger partial charge in [-0.2, -0.15) is 0 Å². The van der Waals surface area contributed by atoms with E-state index in [9.17, 15) is 9.90 Å². The van der Waals surface area contributed by atoms with Crippen LogP contribution in [0.1, 0.15) is 29.2 Å². The molecule has 0 saturated heterocycles. The van der Waals surface area contributed by atoms with E-state index in [2.05, 4.69) is 0 Å². The Morgan fingerprint density at radius 1 is 1.14 bits per heavy atom. The molecule has 0 saturated carbocycles. The summed E-state index contributed by atoms with van der Waals surface area (Å²) in [5, 5.41) is 11.2. The minimum Gasteiger partial charge on any atom is -0.463 e. The number of hydrogen-bond acceptors (Lipinski definition) is 3. The first kappa shape index (κ1) is 15.3. The number of aliphatic hydroxyl groups is 1. The predicted molar refractivity (Wildman–Crippen MR) is 82.0 cm³/mol. The Labute approximate surface area is 125 Å². The van der Waals surface area contributed by atoms with Crippen LogP contribution in [0.25, 0.3) is 0 Å². The minimum absolute atomic E-state index is 0.221. The maximum absolute atomic E-state index is 12.4. The Morgan fingerprint density at radius 2 is 1.81 bits per heavy atom. The molecule has 2 rings (SSSR count). The van der Waals surface area contributed by atoms with Gasteiger partial charge < -0.3 is 9.84 Å². The molecule has 2 aromatic carbocycles. The monoisotopic (exact) mass is 284 g/mol. The SMILES string of the molecule is CCOC(=O)C(O)(c1ccccc1)c1ccc(C)cc1C. The zero-order chi connectivity index (χ0) is 15.5. The molecule has 0 amide bonds. The van der Waals surface area contributed by atoms with Gasteiger partial charge >= 0.3 is 5.97 Å². The van der Waals surface area contributed by atoms with E-state index in [4.69, 9.17) is 4.74 Å². The van der Waals surface area contributed by atoms with Crippen molar-refractivity contribution in [3.63, 3.8) is 0 Å². The number of hydrogen-bond donors (Lipinski definition) is 1. The lowest BCUT2D eigenvalue weighted by atomic mass is 9.83. The fraction of sp³-hybridized carbons (Fsp3) is 0.278. The predicted octanol–water partition coefficient (Wildman–Crippen LogP) is 3.10. The van der Waals surface area contributed by atoms with Crippen LogP contribution in [0.5, 0.6) is 0 Å². The van der Waals surface area contributed by atoms with Gasteiger partial charge in [-0.1, -0.05) is 54.1 Å². The number of benzene rings is 2. The van der Waals surface area contributed by atoms with Gasteiger partial charge in [0.2, 0.25) is 5.60 Å². The van der Waals surface area contributed by atoms with E-state index in [1.807, 2.05) is 32.0 Å². The highest BCUT2D eigenvalue weighted by Gasteiger charge is 2.42. The smallest absolute Gasteiger partial charge is 0.347 e. The average Bonchev–Trinajstić information content (AvgIpc) is 2.47. The Bertz CT molecular complexity index is 634. The number of esters is 1. The van der Waals surface area contributed by atoms with Gasteiger partial charge in [0.1, 0.15) is 0 Å². The molecule has 0 aliphatic rings. The van der Waals surface area contributed by atoms with Crippen LogP contribution in [0.2, 0.25) is 0 Å². The summed E-state index contributed by atoms with van der Waals surface area (Å²) in [4.78, 5) is 12.4. The van der Waals surface area contributed by atoms with Crippen LogP contribution in [-0.2, 0) is 15.1 Å². The Hall–Kier alpha value is -2.13. The first-order chi connectivity index (χ1) is 10.00. The summed E-state index contributed by atoms with van der Waals surface area (Å²) in [6.07, 6.45) is 0. The van der Waals surface area contributed by atoms with Gasteiger partial charge in [0, 0.05) is 5.56 Å². The second-order valence-electron chi connectivity index (χ2n) is 5.12. The zero-order valence-corrected chi connectivity index (χ0v) is 12.6. The third kappa shape index (κ3) is 2.83. The van der Waals surface area contributed by atoms with Crippen LogP contribution in [0.4, 0.5) is 0 Å². The van der Waals surface area contributed by atoms with Crippen LogP contribution < -0.4 is 0 Å². The van der Waals surface area contributed by atoms with Crippen molar-refractivity contribution in [2.45, 2.75) is 26.4 Å². The van der Waals surface area contributed by atoms with Crippen molar-refractivity contribution in [1.29, 1.82) is 0 Å². The number of ether oxygens (including phenoxy) is 1. The summed E-state index contributed by atoms with van der Waals surface area (Å²) >= 11 is 0. The minimum atomic E-state index is -1.78. The summed E-state index contributed by atoms with van der Waals surface area (Å²) in [7, 11) is 0. The van der Waals surface area contributed by atoms with Crippen molar-refractivity contribution in [2.24, 2.45) is 0 Å². The van der Waals surface area contributed by atoms with Gasteiger partial charge in [0.15, 0.2) is 0 Å². The fourth-order valence-electron chi connectivity index (χ4n) is 2.52. The van der Waals surface area contributed by atoms with E-state index in [0.29, 0.717) is 11.1 Å². The van der Waals surface area contributed by atoms with Crippen LogP contribution >= 0.6 is 0 Å². The van der Waals surface area contributed by atoms with Crippen molar-refractivity contribution in [1.82, 2.24) is 0 Å². The van der Waals surface area contributed by atoms with E-state index in [0.717, 1.165) is 11.1 Å². The summed E-state index contributed by atoms with van der Waals surface area (Å²) in [6.45, 7) is 5.81. The largest absolute Gasteiger partial charge is 0.463 e. The highest BCUT2D eigenvalue weighted by Crippen LogP contribution is 2.33. The third-order valence-corrected chi connectivity index (χ3v) is 3.53. The third-order valence-electron chi connectivity index (χ3n) is 3.53. The zero-order valence-electron chi connectivity index (χ0n) is 12.6. The fourth-order valence-corrected chi connectivity index (χ4v) is 2.52. The van der Waals surface area contributed by atoms with Gasteiger partial charge in [-0.05, 0) is 31.9 Å². The molecule has 0 radical (unpaired) electrons. The molecule has 1 N–H and O–H groups in total. The van der Waals surface area contributed by atoms with E-state index < -0.39 is 11.6 Å². The highest BCUT2D eigenvalue weighted by atomic mass is 16.5. The number of carbonyl (C=O) groups is 1. The van der Waals surface area contributed by atoms with Crippen molar-refractivity contribution in [3.05, 3.63) is 70.8 Å². The lowest BCUT2D eigenvalue weighted by Crippen LogP contribution is -2.39. The average molecular weight is 284 g/mol. The molecule has 3 heteroatoms. The van der Waals surface area contributed by atoms with E-state index in [1.165, 1.54) is 0 Å². The summed E-state index contributed by atoms with van der Waals surface area (Å²) < 4.78 is 5.11. The second kappa shape index (κ2) is 6.10. The highest BCUT2D eigenvalue weighted by molar-refractivity contribution is 5.86. The van der Waals surface area contributed by atoms with Crippen molar-refractivity contribution >= 4 is 5.97 Å². The van der Waals surface area contributed by atoms with E-state index in [-0.39, 0.29) is 6.61 Å². The number of rotatable bonds is 4. The molecule has 0 bridgehead atoms. The normalized spacial score (nSPS) is 13.5. The van der Waals surface area contributed by atoms with Gasteiger partial charge in [-0.15, -0.1) is 0 Å². The Balaban J connectivity index is 2.63. The topological polar surface area (TPSA) is 46.5 Å². The standard InChI is InChI=1S/C18H20O3/c1-4-21-17(19)18(20,15-8-6-5-7-9-15)16-11-10-13(2)12-14(16)3/h5-12,20H,4H2,1-3H3. The van der Waals surface area contributed by atoms with Crippen LogP contribution in [0, 0.1) is 13.8 Å². The second-order valence-corrected chi connectivity index (χ2v) is 5.12. The maximum Gasteiger partial charge on any atom is 0.347 e. The first-order valence-corrected chi connectivity index (χ1v) is 7.03. The number of carbonyl (C=O) groups excluding carboxylic acids is 1. The van der Waals surface area contributed by atoms with Crippen LogP contribution in [0.15, 0.2) is 48.5 Å². The molecule has 110 valence electrons. The molecular weight excluding hydrogens is 264 g/mol. The molecular formula is C18H20O3. The van der Waals surface area contributed by atoms with E-state index >= 15 is 0 Å². The first-order valence-electron chi connectivity index (χ1n) is 7.03. The summed E-state index contributed by atoms with van der Waals surface area (Å²) in [5.41, 5.74) is 1.22. The quantitative estimate of drug-likeness (QED) is 0.878. The van der Waals surface area contributed by atoms with Crippen molar-refractivity contribution in [3.8, 4) is 0 Å². The molecule has 21 heavy (non-hydrogen) atoms. The molecule has 3 nitrogen and oxygen atoms in total. The Morgan fingerprint density at radius 3 is 2.38 bits per heavy atom. The van der Waals surface area contributed by atoms with Crippen molar-refractivity contribution in [2.75, 3.05) is 6.61 Å². The molecule has 0 fully saturated rings. The van der Waals surface area contributed by atoms with Gasteiger partial charge in [-0.25, -0.2) is 4.79 Å². The Kier molecular flexibility index (Phi) is 4.43. The lowest BCUT2D eigenvalue weighted by Gasteiger charge is -2.28. The molecule has 0 aliphatic heterocycles. The molecule has 2 aromatic rings. The molecule has 0 spiro atoms.